The molecule has 8 aromatic rings. The van der Waals surface area contributed by atoms with Crippen molar-refractivity contribution < 1.29 is 0 Å². The third kappa shape index (κ3) is 4.35. The zero-order valence-corrected chi connectivity index (χ0v) is 25.3. The molecule has 212 valence electrons. The number of hydrogen-bond acceptors (Lipinski definition) is 2. The minimum absolute atomic E-state index is 1.12. The van der Waals surface area contributed by atoms with Crippen molar-refractivity contribution in [2.45, 2.75) is 9.79 Å². The van der Waals surface area contributed by atoms with Crippen LogP contribution >= 0.6 is 11.8 Å². The lowest BCUT2D eigenvalue weighted by atomic mass is 10.0. The molecule has 0 saturated carbocycles. The fraction of sp³-hybridized carbons (Fsp3) is 0. The van der Waals surface area contributed by atoms with Crippen LogP contribution in [-0.4, -0.2) is 4.57 Å². The number of rotatable bonds is 5. The van der Waals surface area contributed by atoms with E-state index < -0.39 is 0 Å². The number of benzene rings is 7. The van der Waals surface area contributed by atoms with Gasteiger partial charge in [0.15, 0.2) is 0 Å². The Labute approximate surface area is 266 Å². The third-order valence-electron chi connectivity index (χ3n) is 8.78. The van der Waals surface area contributed by atoms with Crippen molar-refractivity contribution in [3.63, 3.8) is 0 Å². The SMILES string of the molecule is c1ccc(-c2ccc(N(c3ccc(-c4ccccc4)cc3)c3ccc4c5cccc6c5n(c4c3)-c3ccccc3S6)cc2)cc1. The van der Waals surface area contributed by atoms with E-state index in [1.165, 1.54) is 59.5 Å². The van der Waals surface area contributed by atoms with E-state index in [0.717, 1.165) is 17.1 Å². The Morgan fingerprint density at radius 2 is 0.933 bits per heavy atom. The highest BCUT2D eigenvalue weighted by Crippen LogP contribution is 2.48. The highest BCUT2D eigenvalue weighted by atomic mass is 32.2. The van der Waals surface area contributed by atoms with E-state index >= 15 is 0 Å². The van der Waals surface area contributed by atoms with Crippen molar-refractivity contribution in [3.8, 4) is 27.9 Å². The molecule has 9 rings (SSSR count). The predicted molar refractivity (Wildman–Crippen MR) is 190 cm³/mol. The van der Waals surface area contributed by atoms with Gasteiger partial charge in [-0.15, -0.1) is 0 Å². The summed E-state index contributed by atoms with van der Waals surface area (Å²) in [4.78, 5) is 4.96. The van der Waals surface area contributed by atoms with Gasteiger partial charge in [-0.1, -0.05) is 127 Å². The molecule has 0 spiro atoms. The molecule has 1 aliphatic rings. The van der Waals surface area contributed by atoms with Crippen LogP contribution < -0.4 is 4.90 Å². The Morgan fingerprint density at radius 3 is 1.58 bits per heavy atom. The number of nitrogens with zero attached hydrogens (tertiary/aromatic N) is 2. The molecule has 45 heavy (non-hydrogen) atoms. The van der Waals surface area contributed by atoms with Gasteiger partial charge in [-0.25, -0.2) is 0 Å². The van der Waals surface area contributed by atoms with Gasteiger partial charge < -0.3 is 9.47 Å². The maximum absolute atomic E-state index is 2.46. The fourth-order valence-electron chi connectivity index (χ4n) is 6.66. The van der Waals surface area contributed by atoms with Gasteiger partial charge in [-0.2, -0.15) is 0 Å². The first-order valence-corrected chi connectivity index (χ1v) is 16.1. The molecule has 0 saturated heterocycles. The van der Waals surface area contributed by atoms with E-state index in [4.69, 9.17) is 0 Å². The van der Waals surface area contributed by atoms with Gasteiger partial charge in [0.25, 0.3) is 0 Å². The second kappa shape index (κ2) is 10.6. The van der Waals surface area contributed by atoms with Gasteiger partial charge in [0.1, 0.15) is 0 Å². The lowest BCUT2D eigenvalue weighted by Crippen LogP contribution is -2.10. The van der Waals surface area contributed by atoms with Crippen molar-refractivity contribution in [1.29, 1.82) is 0 Å². The standard InChI is InChI=1S/C42H28N2S/c1-3-10-29(11-4-1)31-18-22-33(23-19-31)43(34-24-20-32(21-25-34)30-12-5-2-6-13-30)35-26-27-36-37-14-9-17-41-42(37)44(39(36)28-35)38-15-7-8-16-40(38)45-41/h1-28H. The van der Waals surface area contributed by atoms with Gasteiger partial charge >= 0.3 is 0 Å². The van der Waals surface area contributed by atoms with Crippen LogP contribution in [-0.2, 0) is 0 Å². The molecule has 0 atom stereocenters. The fourth-order valence-corrected chi connectivity index (χ4v) is 7.75. The maximum Gasteiger partial charge on any atom is 0.0681 e. The first-order valence-electron chi connectivity index (χ1n) is 15.3. The Morgan fingerprint density at radius 1 is 0.400 bits per heavy atom. The highest BCUT2D eigenvalue weighted by molar-refractivity contribution is 7.99. The smallest absolute Gasteiger partial charge is 0.0681 e. The monoisotopic (exact) mass is 592 g/mol. The van der Waals surface area contributed by atoms with Gasteiger partial charge in [-0.3, -0.25) is 0 Å². The van der Waals surface area contributed by atoms with Crippen molar-refractivity contribution in [2.24, 2.45) is 0 Å². The van der Waals surface area contributed by atoms with Gasteiger partial charge in [0.2, 0.25) is 0 Å². The number of para-hydroxylation sites is 2. The molecule has 2 heterocycles. The number of fused-ring (bicyclic) bond motifs is 5. The van der Waals surface area contributed by atoms with Crippen LogP contribution in [0.25, 0.3) is 49.7 Å². The topological polar surface area (TPSA) is 8.17 Å². The molecule has 1 aliphatic heterocycles. The van der Waals surface area contributed by atoms with E-state index in [9.17, 15) is 0 Å². The molecule has 0 N–H and O–H groups in total. The number of hydrogen-bond donors (Lipinski definition) is 0. The molecule has 0 aliphatic carbocycles. The van der Waals surface area contributed by atoms with Crippen LogP contribution in [0.4, 0.5) is 17.1 Å². The molecule has 3 heteroatoms. The van der Waals surface area contributed by atoms with E-state index in [2.05, 4.69) is 179 Å². The molecular formula is C42H28N2S. The second-order valence-electron chi connectivity index (χ2n) is 11.4. The van der Waals surface area contributed by atoms with Gasteiger partial charge in [-0.05, 0) is 76.9 Å². The lowest BCUT2D eigenvalue weighted by molar-refractivity contribution is 1.09. The summed E-state index contributed by atoms with van der Waals surface area (Å²) in [7, 11) is 0. The van der Waals surface area contributed by atoms with Crippen LogP contribution in [0.15, 0.2) is 180 Å². The molecule has 1 aromatic heterocycles. The lowest BCUT2D eigenvalue weighted by Gasteiger charge is -2.26. The van der Waals surface area contributed by atoms with E-state index in [0.29, 0.717) is 0 Å². The Balaban J connectivity index is 1.23. The van der Waals surface area contributed by atoms with Gasteiger partial charge in [0.05, 0.1) is 16.7 Å². The van der Waals surface area contributed by atoms with Crippen LogP contribution in [0.5, 0.6) is 0 Å². The molecule has 0 bridgehead atoms. The first-order chi connectivity index (χ1) is 22.3. The summed E-state index contributed by atoms with van der Waals surface area (Å²) in [6.45, 7) is 0. The normalized spacial score (nSPS) is 11.9. The van der Waals surface area contributed by atoms with Crippen LogP contribution in [0.3, 0.4) is 0 Å². The van der Waals surface area contributed by atoms with Crippen molar-refractivity contribution in [2.75, 3.05) is 4.90 Å². The molecule has 0 amide bonds. The highest BCUT2D eigenvalue weighted by Gasteiger charge is 2.23. The molecule has 0 unspecified atom stereocenters. The van der Waals surface area contributed by atoms with Gasteiger partial charge in [0, 0.05) is 37.6 Å². The van der Waals surface area contributed by atoms with Crippen molar-refractivity contribution in [3.05, 3.63) is 170 Å². The van der Waals surface area contributed by atoms with Crippen molar-refractivity contribution in [1.82, 2.24) is 4.57 Å². The van der Waals surface area contributed by atoms with Crippen LogP contribution in [0.2, 0.25) is 0 Å². The zero-order chi connectivity index (χ0) is 29.7. The summed E-state index contributed by atoms with van der Waals surface area (Å²) >= 11 is 1.86. The quantitative estimate of drug-likeness (QED) is 0.196. The Bertz CT molecular complexity index is 2240. The molecular weight excluding hydrogens is 565 g/mol. The summed E-state index contributed by atoms with van der Waals surface area (Å²) in [5, 5.41) is 2.56. The molecule has 7 aromatic carbocycles. The molecule has 2 nitrogen and oxygen atoms in total. The van der Waals surface area contributed by atoms with E-state index in [-0.39, 0.29) is 0 Å². The Kier molecular flexibility index (Phi) is 6.10. The van der Waals surface area contributed by atoms with Crippen molar-refractivity contribution >= 4 is 50.6 Å². The minimum atomic E-state index is 1.12. The van der Waals surface area contributed by atoms with E-state index in [1.807, 2.05) is 11.8 Å². The minimum Gasteiger partial charge on any atom is -0.310 e. The summed E-state index contributed by atoms with van der Waals surface area (Å²) < 4.78 is 2.46. The average molecular weight is 593 g/mol. The predicted octanol–water partition coefficient (Wildman–Crippen LogP) is 12.1. The number of anilines is 3. The first kappa shape index (κ1) is 25.9. The summed E-state index contributed by atoms with van der Waals surface area (Å²) in [5.41, 5.74) is 12.0. The van der Waals surface area contributed by atoms with E-state index in [1.54, 1.807) is 0 Å². The largest absolute Gasteiger partial charge is 0.310 e. The van der Waals surface area contributed by atoms with Crippen LogP contribution in [0, 0.1) is 0 Å². The average Bonchev–Trinajstić information content (AvgIpc) is 3.45. The summed E-state index contributed by atoms with van der Waals surface area (Å²) in [6, 6.07) is 61.4. The summed E-state index contributed by atoms with van der Waals surface area (Å²) in [5.74, 6) is 0. The third-order valence-corrected chi connectivity index (χ3v) is 9.90. The summed E-state index contributed by atoms with van der Waals surface area (Å²) in [6.07, 6.45) is 0. The maximum atomic E-state index is 2.46. The zero-order valence-electron chi connectivity index (χ0n) is 24.5. The molecule has 0 fully saturated rings. The molecule has 0 radical (unpaired) electrons. The van der Waals surface area contributed by atoms with Crippen LogP contribution in [0.1, 0.15) is 0 Å². The Hall–Kier alpha value is -5.51. The number of aromatic nitrogens is 1. The second-order valence-corrected chi connectivity index (χ2v) is 12.5.